The number of rotatable bonds is 5. The average Bonchev–Trinajstić information content (AvgIpc) is 2.43. The first kappa shape index (κ1) is 13.4. The minimum Gasteiger partial charge on any atom is -0.492 e. The van der Waals surface area contributed by atoms with Gasteiger partial charge in [-0.15, -0.1) is 0 Å². The lowest BCUT2D eigenvalue weighted by molar-refractivity contribution is 0.0693. The molecular formula is C16H18O3. The van der Waals surface area contributed by atoms with E-state index >= 15 is 0 Å². The number of fused-ring (bicyclic) bond motifs is 1. The molecule has 0 aromatic heterocycles. The molecule has 0 fully saturated rings. The van der Waals surface area contributed by atoms with Gasteiger partial charge in [-0.25, -0.2) is 4.79 Å². The van der Waals surface area contributed by atoms with E-state index in [1.54, 1.807) is 6.07 Å². The third-order valence-electron chi connectivity index (χ3n) is 3.32. The molecule has 100 valence electrons. The highest BCUT2D eigenvalue weighted by Gasteiger charge is 2.16. The fourth-order valence-corrected chi connectivity index (χ4v) is 1.94. The molecule has 1 N–H and O–H groups in total. The Morgan fingerprint density at radius 2 is 2.00 bits per heavy atom. The maximum absolute atomic E-state index is 11.5. The van der Waals surface area contributed by atoms with Gasteiger partial charge in [0.25, 0.3) is 0 Å². The van der Waals surface area contributed by atoms with E-state index in [9.17, 15) is 9.90 Å². The van der Waals surface area contributed by atoms with Crippen molar-refractivity contribution in [2.45, 2.75) is 20.3 Å². The van der Waals surface area contributed by atoms with E-state index in [0.717, 1.165) is 17.2 Å². The van der Waals surface area contributed by atoms with Crippen LogP contribution in [0.25, 0.3) is 10.8 Å². The second kappa shape index (κ2) is 5.74. The maximum Gasteiger partial charge on any atom is 0.340 e. The summed E-state index contributed by atoms with van der Waals surface area (Å²) in [5.41, 5.74) is 0.251. The van der Waals surface area contributed by atoms with Gasteiger partial charge in [-0.1, -0.05) is 50.6 Å². The van der Waals surface area contributed by atoms with Gasteiger partial charge in [0.2, 0.25) is 0 Å². The van der Waals surface area contributed by atoms with Crippen LogP contribution >= 0.6 is 0 Å². The number of benzene rings is 2. The molecule has 0 spiro atoms. The molecule has 3 heteroatoms. The zero-order valence-corrected chi connectivity index (χ0v) is 11.2. The molecule has 0 radical (unpaired) electrons. The zero-order chi connectivity index (χ0) is 13.8. The first-order valence-electron chi connectivity index (χ1n) is 6.51. The Hall–Kier alpha value is -2.03. The Labute approximate surface area is 112 Å². The van der Waals surface area contributed by atoms with Crippen LogP contribution in [-0.2, 0) is 0 Å². The van der Waals surface area contributed by atoms with Gasteiger partial charge in [0.15, 0.2) is 0 Å². The van der Waals surface area contributed by atoms with Gasteiger partial charge >= 0.3 is 5.97 Å². The highest BCUT2D eigenvalue weighted by molar-refractivity contribution is 6.06. The van der Waals surface area contributed by atoms with Crippen LogP contribution in [0.1, 0.15) is 30.6 Å². The van der Waals surface area contributed by atoms with Crippen LogP contribution in [0, 0.1) is 5.92 Å². The molecule has 0 bridgehead atoms. The fraction of sp³-hybridized carbons (Fsp3) is 0.312. The fourth-order valence-electron chi connectivity index (χ4n) is 1.94. The molecule has 0 heterocycles. The van der Waals surface area contributed by atoms with Crippen LogP contribution in [0.5, 0.6) is 5.75 Å². The lowest BCUT2D eigenvalue weighted by Crippen LogP contribution is -2.10. The van der Waals surface area contributed by atoms with Crippen molar-refractivity contribution in [3.05, 3.63) is 42.0 Å². The van der Waals surface area contributed by atoms with Crippen LogP contribution in [0.4, 0.5) is 0 Å². The molecule has 3 nitrogen and oxygen atoms in total. The Morgan fingerprint density at radius 1 is 1.26 bits per heavy atom. The molecule has 2 rings (SSSR count). The van der Waals surface area contributed by atoms with E-state index < -0.39 is 5.97 Å². The van der Waals surface area contributed by atoms with Crippen LogP contribution < -0.4 is 4.74 Å². The largest absolute Gasteiger partial charge is 0.492 e. The molecule has 0 aliphatic carbocycles. The lowest BCUT2D eigenvalue weighted by Gasteiger charge is -2.14. The van der Waals surface area contributed by atoms with E-state index in [4.69, 9.17) is 4.74 Å². The Bertz CT molecular complexity index is 590. The number of carbonyl (C=O) groups is 1. The maximum atomic E-state index is 11.5. The zero-order valence-electron chi connectivity index (χ0n) is 11.2. The van der Waals surface area contributed by atoms with Crippen molar-refractivity contribution in [1.29, 1.82) is 0 Å². The van der Waals surface area contributed by atoms with Crippen molar-refractivity contribution in [3.8, 4) is 5.75 Å². The minimum atomic E-state index is -0.948. The first-order chi connectivity index (χ1) is 9.13. The monoisotopic (exact) mass is 258 g/mol. The number of carboxylic acids is 1. The van der Waals surface area contributed by atoms with Gasteiger partial charge in [-0.2, -0.15) is 0 Å². The summed E-state index contributed by atoms with van der Waals surface area (Å²) in [5.74, 6) is -0.0874. The normalized spacial score (nSPS) is 12.3. The third kappa shape index (κ3) is 2.87. The SMILES string of the molecule is CCC(C)COc1ccc2ccccc2c1C(=O)O. The number of hydrogen-bond donors (Lipinski definition) is 1. The molecule has 0 saturated heterocycles. The molecule has 19 heavy (non-hydrogen) atoms. The molecule has 2 aromatic rings. The smallest absolute Gasteiger partial charge is 0.340 e. The van der Waals surface area contributed by atoms with Crippen molar-refractivity contribution in [1.82, 2.24) is 0 Å². The van der Waals surface area contributed by atoms with Gasteiger partial charge in [0.1, 0.15) is 11.3 Å². The molecule has 0 saturated carbocycles. The quantitative estimate of drug-likeness (QED) is 0.882. The highest BCUT2D eigenvalue weighted by atomic mass is 16.5. The molecule has 2 aromatic carbocycles. The average molecular weight is 258 g/mol. The van der Waals surface area contributed by atoms with Crippen LogP contribution in [0.3, 0.4) is 0 Å². The van der Waals surface area contributed by atoms with Gasteiger partial charge < -0.3 is 9.84 Å². The van der Waals surface area contributed by atoms with Crippen LogP contribution in [0.2, 0.25) is 0 Å². The molecular weight excluding hydrogens is 240 g/mol. The van der Waals surface area contributed by atoms with E-state index in [0.29, 0.717) is 18.3 Å². The molecule has 1 atom stereocenters. The standard InChI is InChI=1S/C16H18O3/c1-3-11(2)10-19-14-9-8-12-6-4-5-7-13(12)15(14)16(17)18/h4-9,11H,3,10H2,1-2H3,(H,17,18). The van der Waals surface area contributed by atoms with Crippen molar-refractivity contribution in [2.75, 3.05) is 6.61 Å². The Kier molecular flexibility index (Phi) is 4.05. The van der Waals surface area contributed by atoms with Crippen molar-refractivity contribution in [3.63, 3.8) is 0 Å². The van der Waals surface area contributed by atoms with Gasteiger partial charge in [-0.3, -0.25) is 0 Å². The third-order valence-corrected chi connectivity index (χ3v) is 3.32. The second-order valence-electron chi connectivity index (χ2n) is 4.79. The molecule has 0 aliphatic rings. The van der Waals surface area contributed by atoms with Crippen molar-refractivity contribution in [2.24, 2.45) is 5.92 Å². The summed E-state index contributed by atoms with van der Waals surface area (Å²) in [7, 11) is 0. The number of aromatic carboxylic acids is 1. The van der Waals surface area contributed by atoms with Gasteiger partial charge in [0, 0.05) is 0 Å². The summed E-state index contributed by atoms with van der Waals surface area (Å²) >= 11 is 0. The predicted octanol–water partition coefficient (Wildman–Crippen LogP) is 3.96. The number of carboxylic acid groups (broad SMARTS) is 1. The highest BCUT2D eigenvalue weighted by Crippen LogP contribution is 2.28. The molecule has 0 amide bonds. The summed E-state index contributed by atoms with van der Waals surface area (Å²) in [6, 6.07) is 11.1. The van der Waals surface area contributed by atoms with E-state index in [2.05, 4.69) is 13.8 Å². The number of ether oxygens (including phenoxy) is 1. The Morgan fingerprint density at radius 3 is 2.68 bits per heavy atom. The van der Waals surface area contributed by atoms with E-state index in [-0.39, 0.29) is 5.56 Å². The Balaban J connectivity index is 2.43. The first-order valence-corrected chi connectivity index (χ1v) is 6.51. The van der Waals surface area contributed by atoms with E-state index in [1.807, 2.05) is 30.3 Å². The summed E-state index contributed by atoms with van der Waals surface area (Å²) in [6.45, 7) is 4.71. The van der Waals surface area contributed by atoms with E-state index in [1.165, 1.54) is 0 Å². The topological polar surface area (TPSA) is 46.5 Å². The summed E-state index contributed by atoms with van der Waals surface area (Å²) < 4.78 is 5.68. The number of hydrogen-bond acceptors (Lipinski definition) is 2. The van der Waals surface area contributed by atoms with Gasteiger partial charge in [-0.05, 0) is 22.8 Å². The van der Waals surface area contributed by atoms with Crippen molar-refractivity contribution < 1.29 is 14.6 Å². The molecule has 1 unspecified atom stereocenters. The second-order valence-corrected chi connectivity index (χ2v) is 4.79. The van der Waals surface area contributed by atoms with Crippen LogP contribution in [0.15, 0.2) is 36.4 Å². The lowest BCUT2D eigenvalue weighted by atomic mass is 10.0. The summed E-state index contributed by atoms with van der Waals surface area (Å²) in [4.78, 5) is 11.5. The predicted molar refractivity (Wildman–Crippen MR) is 75.9 cm³/mol. The van der Waals surface area contributed by atoms with Crippen molar-refractivity contribution >= 4 is 16.7 Å². The minimum absolute atomic E-state index is 0.251. The van der Waals surface area contributed by atoms with Gasteiger partial charge in [0.05, 0.1) is 6.61 Å². The molecule has 0 aliphatic heterocycles. The van der Waals surface area contributed by atoms with Crippen LogP contribution in [-0.4, -0.2) is 17.7 Å². The summed E-state index contributed by atoms with van der Waals surface area (Å²) in [6.07, 6.45) is 1.01. The summed E-state index contributed by atoms with van der Waals surface area (Å²) in [5, 5.41) is 11.0.